The number of rotatable bonds is 5. The summed E-state index contributed by atoms with van der Waals surface area (Å²) in [6.45, 7) is 7.67. The Morgan fingerprint density at radius 3 is 2.43 bits per heavy atom. The van der Waals surface area contributed by atoms with Crippen LogP contribution in [0.2, 0.25) is 0 Å². The van der Waals surface area contributed by atoms with Gasteiger partial charge in [-0.2, -0.15) is 0 Å². The van der Waals surface area contributed by atoms with Gasteiger partial charge < -0.3 is 15.4 Å². The van der Waals surface area contributed by atoms with E-state index in [0.29, 0.717) is 13.1 Å². The van der Waals surface area contributed by atoms with Gasteiger partial charge >= 0.3 is 5.97 Å². The van der Waals surface area contributed by atoms with Crippen LogP contribution < -0.4 is 5.73 Å². The topological polar surface area (TPSA) is 72.6 Å². The molecular weight excluding hydrogens is 275 g/mol. The number of benzene rings is 1. The minimum absolute atomic E-state index is 0.254. The Hall–Kier alpha value is -2.11. The van der Waals surface area contributed by atoms with Gasteiger partial charge in [-0.25, -0.2) is 9.18 Å². The van der Waals surface area contributed by atoms with Crippen molar-refractivity contribution < 1.29 is 18.7 Å². The average Bonchev–Trinajstić information content (AvgIpc) is 2.43. The van der Waals surface area contributed by atoms with E-state index in [2.05, 4.69) is 0 Å². The molecule has 1 amide bonds. The SMILES string of the molecule is CCN(CC)C(=O)C(C)OC(=O)c1cc(N)cc(C)c1F. The normalized spacial score (nSPS) is 11.9. The maximum absolute atomic E-state index is 13.9. The summed E-state index contributed by atoms with van der Waals surface area (Å²) in [6, 6.07) is 2.63. The van der Waals surface area contributed by atoms with Gasteiger partial charge in [-0.15, -0.1) is 0 Å². The second kappa shape index (κ2) is 7.06. The fourth-order valence-electron chi connectivity index (χ4n) is 2.01. The molecule has 0 aliphatic rings. The Kier molecular flexibility index (Phi) is 5.69. The van der Waals surface area contributed by atoms with Crippen LogP contribution in [0.5, 0.6) is 0 Å². The van der Waals surface area contributed by atoms with Gasteiger partial charge in [0.15, 0.2) is 6.10 Å². The number of carbonyl (C=O) groups is 2. The highest BCUT2D eigenvalue weighted by atomic mass is 19.1. The van der Waals surface area contributed by atoms with Crippen molar-refractivity contribution in [1.29, 1.82) is 0 Å². The number of esters is 1. The lowest BCUT2D eigenvalue weighted by atomic mass is 10.1. The summed E-state index contributed by atoms with van der Waals surface area (Å²) in [6.07, 6.45) is -0.974. The number of nitrogen functional groups attached to an aromatic ring is 1. The molecule has 1 aromatic rings. The Morgan fingerprint density at radius 2 is 1.90 bits per heavy atom. The number of carbonyl (C=O) groups excluding carboxylic acids is 2. The fourth-order valence-corrected chi connectivity index (χ4v) is 2.01. The van der Waals surface area contributed by atoms with E-state index < -0.39 is 17.9 Å². The maximum Gasteiger partial charge on any atom is 0.341 e. The van der Waals surface area contributed by atoms with Crippen LogP contribution in [-0.4, -0.2) is 36.0 Å². The first kappa shape index (κ1) is 16.9. The molecular formula is C15H21FN2O3. The number of anilines is 1. The van der Waals surface area contributed by atoms with E-state index in [1.54, 1.807) is 4.90 Å². The van der Waals surface area contributed by atoms with Crippen molar-refractivity contribution in [1.82, 2.24) is 4.90 Å². The summed E-state index contributed by atoms with van der Waals surface area (Å²) in [4.78, 5) is 25.6. The lowest BCUT2D eigenvalue weighted by Gasteiger charge is -2.22. The van der Waals surface area contributed by atoms with Crippen molar-refractivity contribution in [2.75, 3.05) is 18.8 Å². The number of nitrogens with zero attached hydrogens (tertiary/aromatic N) is 1. The van der Waals surface area contributed by atoms with Crippen LogP contribution in [-0.2, 0) is 9.53 Å². The van der Waals surface area contributed by atoms with Crippen molar-refractivity contribution in [3.8, 4) is 0 Å². The monoisotopic (exact) mass is 296 g/mol. The molecule has 0 aromatic heterocycles. The molecule has 0 bridgehead atoms. The summed E-state index contributed by atoms with van der Waals surface area (Å²) in [5.41, 5.74) is 5.86. The number of hydrogen-bond acceptors (Lipinski definition) is 4. The van der Waals surface area contributed by atoms with Gasteiger partial charge in [-0.3, -0.25) is 4.79 Å². The number of ether oxygens (including phenoxy) is 1. The first-order chi connectivity index (χ1) is 9.81. The van der Waals surface area contributed by atoms with E-state index in [1.807, 2.05) is 13.8 Å². The third-order valence-corrected chi connectivity index (χ3v) is 3.20. The highest BCUT2D eigenvalue weighted by molar-refractivity contribution is 5.93. The summed E-state index contributed by atoms with van der Waals surface area (Å²) in [5.74, 6) is -1.89. The number of likely N-dealkylation sites (N-methyl/N-ethyl adjacent to an activating group) is 1. The van der Waals surface area contributed by atoms with Gasteiger partial charge in [-0.05, 0) is 45.4 Å². The number of aryl methyl sites for hydroxylation is 1. The van der Waals surface area contributed by atoms with Crippen LogP contribution in [0.1, 0.15) is 36.7 Å². The summed E-state index contributed by atoms with van der Waals surface area (Å²) >= 11 is 0. The summed E-state index contributed by atoms with van der Waals surface area (Å²) < 4.78 is 19.0. The van der Waals surface area contributed by atoms with E-state index >= 15 is 0 Å². The van der Waals surface area contributed by atoms with Crippen molar-refractivity contribution in [2.24, 2.45) is 0 Å². The van der Waals surface area contributed by atoms with Gasteiger partial charge in [-0.1, -0.05) is 0 Å². The molecule has 0 spiro atoms. The predicted molar refractivity (Wildman–Crippen MR) is 78.4 cm³/mol. The molecule has 0 heterocycles. The van der Waals surface area contributed by atoms with E-state index in [0.717, 1.165) is 0 Å². The Morgan fingerprint density at radius 1 is 1.33 bits per heavy atom. The zero-order chi connectivity index (χ0) is 16.2. The van der Waals surface area contributed by atoms with Gasteiger partial charge in [0.1, 0.15) is 5.82 Å². The summed E-state index contributed by atoms with van der Waals surface area (Å²) in [7, 11) is 0. The highest BCUT2D eigenvalue weighted by Crippen LogP contribution is 2.18. The molecule has 1 atom stereocenters. The average molecular weight is 296 g/mol. The lowest BCUT2D eigenvalue weighted by Crippen LogP contribution is -2.39. The van der Waals surface area contributed by atoms with Crippen molar-refractivity contribution in [3.63, 3.8) is 0 Å². The molecule has 116 valence electrons. The molecule has 0 fully saturated rings. The quantitative estimate of drug-likeness (QED) is 0.667. The smallest absolute Gasteiger partial charge is 0.341 e. The van der Waals surface area contributed by atoms with Crippen LogP contribution in [0.3, 0.4) is 0 Å². The number of halogens is 1. The van der Waals surface area contributed by atoms with Crippen LogP contribution in [0, 0.1) is 12.7 Å². The fraction of sp³-hybridized carbons (Fsp3) is 0.467. The zero-order valence-electron chi connectivity index (χ0n) is 12.8. The second-order valence-electron chi connectivity index (χ2n) is 4.76. The van der Waals surface area contributed by atoms with Crippen molar-refractivity contribution in [3.05, 3.63) is 29.1 Å². The second-order valence-corrected chi connectivity index (χ2v) is 4.76. The molecule has 1 rings (SSSR count). The number of hydrogen-bond donors (Lipinski definition) is 1. The maximum atomic E-state index is 13.9. The zero-order valence-corrected chi connectivity index (χ0v) is 12.8. The highest BCUT2D eigenvalue weighted by Gasteiger charge is 2.24. The van der Waals surface area contributed by atoms with E-state index in [9.17, 15) is 14.0 Å². The standard InChI is InChI=1S/C15H21FN2O3/c1-5-18(6-2)14(19)10(4)21-15(20)12-8-11(17)7-9(3)13(12)16/h7-8,10H,5-6,17H2,1-4H3. The third kappa shape index (κ3) is 3.93. The minimum Gasteiger partial charge on any atom is -0.449 e. The Bertz CT molecular complexity index is 542. The van der Waals surface area contributed by atoms with Crippen LogP contribution in [0.15, 0.2) is 12.1 Å². The Balaban J connectivity index is 2.89. The molecule has 5 nitrogen and oxygen atoms in total. The third-order valence-electron chi connectivity index (χ3n) is 3.20. The van der Waals surface area contributed by atoms with Crippen LogP contribution in [0.4, 0.5) is 10.1 Å². The molecule has 1 aromatic carbocycles. The molecule has 0 aliphatic carbocycles. The lowest BCUT2D eigenvalue weighted by molar-refractivity contribution is -0.139. The van der Waals surface area contributed by atoms with E-state index in [1.165, 1.54) is 26.0 Å². The molecule has 2 N–H and O–H groups in total. The first-order valence-electron chi connectivity index (χ1n) is 6.87. The molecule has 0 radical (unpaired) electrons. The van der Waals surface area contributed by atoms with Gasteiger partial charge in [0.05, 0.1) is 5.56 Å². The van der Waals surface area contributed by atoms with Crippen LogP contribution >= 0.6 is 0 Å². The summed E-state index contributed by atoms with van der Waals surface area (Å²) in [5, 5.41) is 0. The molecule has 6 heteroatoms. The molecule has 0 saturated carbocycles. The van der Waals surface area contributed by atoms with Crippen LogP contribution in [0.25, 0.3) is 0 Å². The van der Waals surface area contributed by atoms with E-state index in [-0.39, 0.29) is 22.7 Å². The van der Waals surface area contributed by atoms with Gasteiger partial charge in [0.25, 0.3) is 5.91 Å². The molecule has 1 unspecified atom stereocenters. The molecule has 21 heavy (non-hydrogen) atoms. The predicted octanol–water partition coefficient (Wildman–Crippen LogP) is 2.13. The number of amides is 1. The Labute approximate surface area is 123 Å². The largest absolute Gasteiger partial charge is 0.449 e. The van der Waals surface area contributed by atoms with Gasteiger partial charge in [0.2, 0.25) is 0 Å². The van der Waals surface area contributed by atoms with Crippen molar-refractivity contribution in [2.45, 2.75) is 33.8 Å². The van der Waals surface area contributed by atoms with Crippen molar-refractivity contribution >= 4 is 17.6 Å². The minimum atomic E-state index is -0.974. The van der Waals surface area contributed by atoms with E-state index in [4.69, 9.17) is 10.5 Å². The van der Waals surface area contributed by atoms with Gasteiger partial charge in [0, 0.05) is 18.8 Å². The molecule has 0 aliphatic heterocycles. The molecule has 0 saturated heterocycles. The number of nitrogens with two attached hydrogens (primary N) is 1. The first-order valence-corrected chi connectivity index (χ1v) is 6.87.